The Bertz CT molecular complexity index is 1040. The number of hydrogen-bond acceptors (Lipinski definition) is 4. The lowest BCUT2D eigenvalue weighted by Crippen LogP contribution is -2.42. The second kappa shape index (κ2) is 8.02. The van der Waals surface area contributed by atoms with Gasteiger partial charge in [-0.2, -0.15) is 0 Å². The maximum absolute atomic E-state index is 14.2. The molecule has 4 amide bonds. The molecule has 0 aliphatic carbocycles. The number of amides is 4. The lowest BCUT2D eigenvalue weighted by atomic mass is 9.91. The first-order valence-electron chi connectivity index (χ1n) is 9.18. The predicted octanol–water partition coefficient (Wildman–Crippen LogP) is 2.96. The molecule has 1 atom stereocenters. The van der Waals surface area contributed by atoms with Crippen molar-refractivity contribution in [3.63, 3.8) is 0 Å². The van der Waals surface area contributed by atoms with E-state index in [4.69, 9.17) is 0 Å². The van der Waals surface area contributed by atoms with Crippen LogP contribution in [0.1, 0.15) is 36.2 Å². The number of ketones is 1. The highest BCUT2D eigenvalue weighted by Gasteiger charge is 2.50. The molecule has 2 aromatic rings. The first kappa shape index (κ1) is 21.1. The summed E-state index contributed by atoms with van der Waals surface area (Å²) in [4.78, 5) is 49.8. The van der Waals surface area contributed by atoms with Crippen molar-refractivity contribution < 1.29 is 28.0 Å². The Morgan fingerprint density at radius 3 is 2.40 bits per heavy atom. The summed E-state index contributed by atoms with van der Waals surface area (Å²) in [6.07, 6.45) is 0.303. The van der Waals surface area contributed by atoms with Crippen LogP contribution >= 0.6 is 0 Å². The van der Waals surface area contributed by atoms with E-state index in [0.29, 0.717) is 17.0 Å². The summed E-state index contributed by atoms with van der Waals surface area (Å²) in [6, 6.07) is 7.68. The lowest BCUT2D eigenvalue weighted by Gasteiger charge is -2.22. The van der Waals surface area contributed by atoms with E-state index in [2.05, 4.69) is 10.6 Å². The first-order chi connectivity index (χ1) is 14.2. The number of hydrogen-bond donors (Lipinski definition) is 2. The summed E-state index contributed by atoms with van der Waals surface area (Å²) in [6.45, 7) is 2.38. The highest BCUT2D eigenvalue weighted by Crippen LogP contribution is 2.31. The number of urea groups is 1. The molecule has 3 rings (SSSR count). The number of Topliss-reactive ketones (excluding diaryl/α,β-unsaturated/α-hetero) is 1. The van der Waals surface area contributed by atoms with Gasteiger partial charge in [0.25, 0.3) is 5.91 Å². The molecule has 1 aliphatic heterocycles. The molecule has 0 aromatic heterocycles. The minimum absolute atomic E-state index is 0.183. The van der Waals surface area contributed by atoms with Crippen LogP contribution in [0.4, 0.5) is 19.3 Å². The van der Waals surface area contributed by atoms with Crippen molar-refractivity contribution in [2.24, 2.45) is 0 Å². The van der Waals surface area contributed by atoms with Crippen LogP contribution in [0.3, 0.4) is 0 Å². The molecule has 7 nitrogen and oxygen atoms in total. The van der Waals surface area contributed by atoms with Crippen LogP contribution in [0.15, 0.2) is 42.5 Å². The average molecular weight is 415 g/mol. The van der Waals surface area contributed by atoms with Crippen molar-refractivity contribution in [3.8, 4) is 0 Å². The number of halogens is 2. The number of carbonyl (C=O) groups is 4. The van der Waals surface area contributed by atoms with Crippen LogP contribution in [0, 0.1) is 11.6 Å². The molecule has 0 bridgehead atoms. The fourth-order valence-corrected chi connectivity index (χ4v) is 3.13. The largest absolute Gasteiger partial charge is 0.326 e. The molecule has 2 aromatic carbocycles. The topological polar surface area (TPSA) is 95.6 Å². The number of anilines is 1. The van der Waals surface area contributed by atoms with Gasteiger partial charge in [0.2, 0.25) is 5.91 Å². The Morgan fingerprint density at radius 2 is 1.77 bits per heavy atom. The summed E-state index contributed by atoms with van der Waals surface area (Å²) in [7, 11) is 0. The Hall–Kier alpha value is -3.62. The molecule has 1 fully saturated rings. The molecular formula is C21H19F2N3O4. The van der Waals surface area contributed by atoms with Gasteiger partial charge in [0.15, 0.2) is 5.78 Å². The standard InChI is InChI=1S/C21H19F2N3O4/c1-3-18(28)24-14-7-4-12(5-8-14)17(27)11-26-19(29)21(2,25-20(26)30)15-10-13(22)6-9-16(15)23/h4-10H,3,11H2,1-2H3,(H,24,28)(H,25,30)/t21-/m0/s1. The summed E-state index contributed by atoms with van der Waals surface area (Å²) in [5.41, 5.74) is -1.44. The van der Waals surface area contributed by atoms with Crippen molar-refractivity contribution in [1.29, 1.82) is 0 Å². The lowest BCUT2D eigenvalue weighted by molar-refractivity contribution is -0.130. The number of imide groups is 1. The summed E-state index contributed by atoms with van der Waals surface area (Å²) in [5.74, 6) is -3.20. The first-order valence-corrected chi connectivity index (χ1v) is 9.18. The molecule has 30 heavy (non-hydrogen) atoms. The van der Waals surface area contributed by atoms with Gasteiger partial charge in [-0.3, -0.25) is 19.3 Å². The molecule has 9 heteroatoms. The summed E-state index contributed by atoms with van der Waals surface area (Å²) in [5, 5.41) is 4.98. The van der Waals surface area contributed by atoms with Gasteiger partial charge in [-0.1, -0.05) is 6.92 Å². The van der Waals surface area contributed by atoms with Gasteiger partial charge in [-0.15, -0.1) is 0 Å². The molecule has 1 aliphatic rings. The SMILES string of the molecule is CCC(=O)Nc1ccc(C(=O)CN2C(=O)N[C@@](C)(c3cc(F)ccc3F)C2=O)cc1. The van der Waals surface area contributed by atoms with E-state index in [1.165, 1.54) is 31.2 Å². The maximum Gasteiger partial charge on any atom is 0.325 e. The van der Waals surface area contributed by atoms with Crippen molar-refractivity contribution in [2.75, 3.05) is 11.9 Å². The molecule has 1 saturated heterocycles. The average Bonchev–Trinajstić information content (AvgIpc) is 2.94. The third-order valence-electron chi connectivity index (χ3n) is 4.86. The highest BCUT2D eigenvalue weighted by molar-refractivity contribution is 6.11. The Kier molecular flexibility index (Phi) is 5.64. The zero-order valence-electron chi connectivity index (χ0n) is 16.3. The highest BCUT2D eigenvalue weighted by atomic mass is 19.1. The number of rotatable bonds is 6. The predicted molar refractivity (Wildman–Crippen MR) is 104 cm³/mol. The summed E-state index contributed by atoms with van der Waals surface area (Å²) < 4.78 is 27.8. The fraction of sp³-hybridized carbons (Fsp3) is 0.238. The van der Waals surface area contributed by atoms with Crippen LogP contribution in [-0.2, 0) is 15.1 Å². The van der Waals surface area contributed by atoms with Crippen LogP contribution in [0.2, 0.25) is 0 Å². The van der Waals surface area contributed by atoms with Gasteiger partial charge in [0.1, 0.15) is 17.2 Å². The second-order valence-corrected chi connectivity index (χ2v) is 6.97. The molecule has 2 N–H and O–H groups in total. The zero-order valence-corrected chi connectivity index (χ0v) is 16.3. The van der Waals surface area contributed by atoms with Crippen LogP contribution in [0.25, 0.3) is 0 Å². The summed E-state index contributed by atoms with van der Waals surface area (Å²) >= 11 is 0. The Balaban J connectivity index is 1.78. The van der Waals surface area contributed by atoms with E-state index in [-0.39, 0.29) is 17.0 Å². The molecule has 1 heterocycles. The van der Waals surface area contributed by atoms with E-state index in [1.54, 1.807) is 6.92 Å². The Labute approximate surface area is 171 Å². The number of nitrogens with one attached hydrogen (secondary N) is 2. The van der Waals surface area contributed by atoms with Crippen molar-refractivity contribution in [2.45, 2.75) is 25.8 Å². The van der Waals surface area contributed by atoms with Gasteiger partial charge in [0.05, 0.1) is 6.54 Å². The van der Waals surface area contributed by atoms with E-state index in [9.17, 15) is 28.0 Å². The molecule has 0 saturated carbocycles. The maximum atomic E-state index is 14.2. The van der Waals surface area contributed by atoms with E-state index in [1.807, 2.05) is 0 Å². The minimum atomic E-state index is -1.84. The molecule has 156 valence electrons. The van der Waals surface area contributed by atoms with Crippen LogP contribution in [-0.4, -0.2) is 35.1 Å². The van der Waals surface area contributed by atoms with Gasteiger partial charge >= 0.3 is 6.03 Å². The molecule has 0 spiro atoms. The fourth-order valence-electron chi connectivity index (χ4n) is 3.13. The van der Waals surface area contributed by atoms with Crippen molar-refractivity contribution >= 4 is 29.3 Å². The van der Waals surface area contributed by atoms with Gasteiger partial charge in [-0.25, -0.2) is 13.6 Å². The number of nitrogens with zero attached hydrogens (tertiary/aromatic N) is 1. The van der Waals surface area contributed by atoms with E-state index >= 15 is 0 Å². The molecule has 0 radical (unpaired) electrons. The third kappa shape index (κ3) is 3.91. The van der Waals surface area contributed by atoms with Crippen LogP contribution < -0.4 is 10.6 Å². The zero-order chi connectivity index (χ0) is 22.1. The smallest absolute Gasteiger partial charge is 0.325 e. The van der Waals surface area contributed by atoms with Crippen molar-refractivity contribution in [1.82, 2.24) is 10.2 Å². The normalized spacial score (nSPS) is 18.3. The van der Waals surface area contributed by atoms with Gasteiger partial charge in [-0.05, 0) is 49.4 Å². The third-order valence-corrected chi connectivity index (χ3v) is 4.86. The van der Waals surface area contributed by atoms with Gasteiger partial charge in [0, 0.05) is 23.2 Å². The van der Waals surface area contributed by atoms with E-state index < -0.39 is 41.4 Å². The molecule has 0 unspecified atom stereocenters. The quantitative estimate of drug-likeness (QED) is 0.560. The minimum Gasteiger partial charge on any atom is -0.326 e. The van der Waals surface area contributed by atoms with Gasteiger partial charge < -0.3 is 10.6 Å². The van der Waals surface area contributed by atoms with Crippen LogP contribution in [0.5, 0.6) is 0 Å². The van der Waals surface area contributed by atoms with E-state index in [0.717, 1.165) is 18.2 Å². The molecular weight excluding hydrogens is 396 g/mol. The van der Waals surface area contributed by atoms with Crippen molar-refractivity contribution in [3.05, 3.63) is 65.2 Å². The Morgan fingerprint density at radius 1 is 1.10 bits per heavy atom. The number of benzene rings is 2. The monoisotopic (exact) mass is 415 g/mol. The number of carbonyl (C=O) groups excluding carboxylic acids is 4. The second-order valence-electron chi connectivity index (χ2n) is 6.97.